The average Bonchev–Trinajstić information content (AvgIpc) is 1.72. The lowest BCUT2D eigenvalue weighted by Crippen LogP contribution is -2.03. The summed E-state index contributed by atoms with van der Waals surface area (Å²) in [7, 11) is 49.8. The van der Waals surface area contributed by atoms with Crippen LogP contribution in [0.25, 0.3) is 54.6 Å². The molecule has 15 rings (SSSR count). The van der Waals surface area contributed by atoms with Crippen LogP contribution in [0.3, 0.4) is 0 Å². The van der Waals surface area contributed by atoms with Gasteiger partial charge in [0.25, 0.3) is 0 Å². The van der Waals surface area contributed by atoms with Gasteiger partial charge in [-0.1, -0.05) is 163 Å². The van der Waals surface area contributed by atoms with Crippen molar-refractivity contribution < 1.29 is 4.79 Å². The Hall–Kier alpha value is -8.57. The number of hydrogen-bond acceptors (Lipinski definition) is 6. The minimum atomic E-state index is 0.106. The van der Waals surface area contributed by atoms with Crippen molar-refractivity contribution in [3.05, 3.63) is 263 Å². The monoisotopic (exact) mass is 1320 g/mol. The first-order valence-corrected chi connectivity index (χ1v) is 33.5. The third kappa shape index (κ3) is 39.0. The maximum Gasteiger partial charge on any atom is 0.228 e. The topological polar surface area (TPSA) is 156 Å². The van der Waals surface area contributed by atoms with Crippen LogP contribution < -0.4 is 10.6 Å². The van der Waals surface area contributed by atoms with Crippen LogP contribution in [-0.4, -0.2) is 172 Å². The van der Waals surface area contributed by atoms with Gasteiger partial charge in [-0.3, -0.25) is 9.89 Å². The fourth-order valence-corrected chi connectivity index (χ4v) is 9.08. The second kappa shape index (κ2) is 60.1. The highest BCUT2D eigenvalue weighted by atomic mass is 16.1. The Morgan fingerprint density at radius 1 is 0.412 bits per heavy atom. The Balaban J connectivity index is 0.00000110. The van der Waals surface area contributed by atoms with Crippen LogP contribution >= 0.6 is 0 Å². The molecule has 0 aliphatic carbocycles. The van der Waals surface area contributed by atoms with Gasteiger partial charge in [0.1, 0.15) is 11.0 Å². The van der Waals surface area contributed by atoms with Gasteiger partial charge in [0.2, 0.25) is 5.91 Å². The number of rotatable bonds is 0. The predicted octanol–water partition coefficient (Wildman–Crippen LogP) is 14.4. The van der Waals surface area contributed by atoms with Gasteiger partial charge in [0.05, 0.1) is 92.9 Å². The van der Waals surface area contributed by atoms with Crippen LogP contribution in [0.2, 0.25) is 54.6 Å². The lowest BCUT2D eigenvalue weighted by Gasteiger charge is -1.99. The first-order chi connectivity index (χ1) is 49.3. The molecule has 0 spiro atoms. The number of carbonyl (C=O) groups is 1. The van der Waals surface area contributed by atoms with Crippen LogP contribution in [0, 0.1) is 48.5 Å². The summed E-state index contributed by atoms with van der Waals surface area (Å²) in [5.41, 5.74) is 20.2. The van der Waals surface area contributed by atoms with Gasteiger partial charge in [-0.2, -0.15) is 20.5 Å². The number of aromatic nitrogens is 8. The minimum absolute atomic E-state index is 0.106. The molecule has 0 unspecified atom stereocenters. The highest BCUT2D eigenvalue weighted by molar-refractivity contribution is 6.90. The maximum absolute atomic E-state index is 10.9. The zero-order valence-electron chi connectivity index (χ0n) is 62.8. The molecular formula is C75H92B16N10O. The van der Waals surface area contributed by atoms with E-state index >= 15 is 0 Å². The van der Waals surface area contributed by atoms with E-state index in [-0.39, 0.29) is 5.91 Å². The average molecular weight is 1320 g/mol. The van der Waals surface area contributed by atoms with Crippen LogP contribution in [0.15, 0.2) is 213 Å². The van der Waals surface area contributed by atoms with Crippen molar-refractivity contribution in [2.75, 3.05) is 17.2 Å². The highest BCUT2D eigenvalue weighted by Gasteiger charge is 2.18. The molecule has 0 bridgehead atoms. The van der Waals surface area contributed by atoms with Gasteiger partial charge in [0, 0.05) is 96.9 Å². The number of aryl methyl sites for hydroxylation is 7. The number of fused-ring (bicyclic) bond motifs is 7. The quantitative estimate of drug-likeness (QED) is 0.0831. The summed E-state index contributed by atoms with van der Waals surface area (Å²) in [4.78, 5) is 21.3. The number of para-hydroxylation sites is 4. The molecule has 2 aliphatic heterocycles. The first-order valence-electron chi connectivity index (χ1n) is 33.5. The molecular weight excluding hydrogens is 1230 g/mol. The molecule has 2 aliphatic rings. The van der Waals surface area contributed by atoms with Crippen LogP contribution in [0.5, 0.6) is 0 Å². The van der Waals surface area contributed by atoms with Gasteiger partial charge in [-0.15, -0.1) is 54.6 Å². The molecule has 11 nitrogen and oxygen atoms in total. The largest absolute Gasteiger partial charge is 0.384 e. The highest BCUT2D eigenvalue weighted by Crippen LogP contribution is 2.25. The summed E-state index contributed by atoms with van der Waals surface area (Å²) in [6.07, 6.45) is 7.26. The predicted molar refractivity (Wildman–Crippen MR) is 464 cm³/mol. The molecule has 6 heterocycles. The molecule has 0 saturated heterocycles. The van der Waals surface area contributed by atoms with Gasteiger partial charge < -0.3 is 20.6 Å². The number of anilines is 2. The van der Waals surface area contributed by atoms with Crippen molar-refractivity contribution in [3.8, 4) is 0 Å². The summed E-state index contributed by atoms with van der Waals surface area (Å²) in [6.45, 7) is 29.9. The molecule has 496 valence electrons. The molecule has 27 heteroatoms. The Labute approximate surface area is 628 Å². The lowest BCUT2D eigenvalue weighted by molar-refractivity contribution is -0.115. The van der Waals surface area contributed by atoms with E-state index in [1.54, 1.807) is 60.9 Å². The molecule has 6 N–H and O–H groups in total. The third-order valence-electron chi connectivity index (χ3n) is 13.3. The normalized spacial score (nSPS) is 9.70. The van der Waals surface area contributed by atoms with Crippen molar-refractivity contribution in [2.45, 2.75) is 116 Å². The smallest absolute Gasteiger partial charge is 0.228 e. The van der Waals surface area contributed by atoms with E-state index in [1.807, 2.05) is 99.0 Å². The van der Waals surface area contributed by atoms with Crippen LogP contribution in [-0.2, 0) is 17.6 Å². The second-order valence-corrected chi connectivity index (χ2v) is 21.9. The second-order valence-electron chi connectivity index (χ2n) is 21.9. The van der Waals surface area contributed by atoms with Gasteiger partial charge in [-0.05, 0) is 152 Å². The van der Waals surface area contributed by atoms with E-state index in [9.17, 15) is 4.79 Å². The fourth-order valence-electron chi connectivity index (χ4n) is 9.08. The van der Waals surface area contributed by atoms with Gasteiger partial charge in [-0.25, -0.2) is 4.98 Å². The van der Waals surface area contributed by atoms with Crippen molar-refractivity contribution >= 4 is 191 Å². The van der Waals surface area contributed by atoms with Crippen molar-refractivity contribution in [2.24, 2.45) is 0 Å². The summed E-state index contributed by atoms with van der Waals surface area (Å²) >= 11 is 0. The summed E-state index contributed by atoms with van der Waals surface area (Å²) in [5, 5.41) is 28.6. The van der Waals surface area contributed by atoms with Gasteiger partial charge >= 0.3 is 0 Å². The molecule has 4 aromatic heterocycles. The minimum Gasteiger partial charge on any atom is -0.384 e. The maximum atomic E-state index is 10.9. The van der Waals surface area contributed by atoms with E-state index in [0.717, 1.165) is 50.9 Å². The number of hydrogen-bond donors (Lipinski definition) is 6. The number of nitrogens with zero attached hydrogens (tertiary/aromatic N) is 4. The Morgan fingerprint density at radius 3 is 1.41 bits per heavy atom. The SMILES string of the molecule is Cc1cccc(C)c1.Cc1cccc2[nH]cnc12.Cc1cccc2[nH]ncc12.Cc1cccc2c1CC(=O)N2.Cc1cccc2ccccc12.Cc1cccc2n[nH]nc12.[B][B]C.[B][B]C.[B][B]C.[B][B]C.[B][B]C.[B][B]C.[B][B]C.[B][B]C.c1ccc2[nH]ccc2c1.c1ccc2c(c1)CCN2. The van der Waals surface area contributed by atoms with Crippen molar-refractivity contribution in [1.82, 2.24) is 40.6 Å². The lowest BCUT2D eigenvalue weighted by atomic mass is 9.59. The molecule has 13 aromatic rings. The van der Waals surface area contributed by atoms with E-state index in [0.29, 0.717) is 6.42 Å². The number of aromatic amines is 4. The Morgan fingerprint density at radius 2 is 0.873 bits per heavy atom. The number of amides is 1. The summed E-state index contributed by atoms with van der Waals surface area (Å²) < 4.78 is 0. The fraction of sp³-hybridized carbons (Fsp3) is 0.240. The van der Waals surface area contributed by atoms with Crippen LogP contribution in [0.4, 0.5) is 11.4 Å². The molecule has 0 atom stereocenters. The molecule has 24 radical (unpaired) electrons. The van der Waals surface area contributed by atoms with Gasteiger partial charge in [0.15, 0.2) is 0 Å². The zero-order valence-corrected chi connectivity index (χ0v) is 62.8. The van der Waals surface area contributed by atoms with E-state index in [2.05, 4.69) is 207 Å². The van der Waals surface area contributed by atoms with E-state index in [1.165, 1.54) is 135 Å². The first kappa shape index (κ1) is 93.4. The number of imidazole rings is 1. The molecule has 102 heavy (non-hydrogen) atoms. The molecule has 0 saturated carbocycles. The third-order valence-corrected chi connectivity index (χ3v) is 13.3. The van der Waals surface area contributed by atoms with E-state index in [4.69, 9.17) is 61.9 Å². The summed E-state index contributed by atoms with van der Waals surface area (Å²) in [6, 6.07) is 66.1. The van der Waals surface area contributed by atoms with Crippen molar-refractivity contribution in [3.63, 3.8) is 0 Å². The zero-order chi connectivity index (χ0) is 76.3. The number of benzene rings is 9. The molecule has 0 fully saturated rings. The standard InChI is InChI=1S/C11H10.C9H9NO.2C8H8N2.C8H9N.C8H7N.C8H10.C7H7N3.8CH3B2/c1-9-5-4-7-10-6-2-3-8-11(9)10;1-6-3-2-4-8-7(6)5-9(11)10-8;1-6-3-2-4-8-7(6)5-9-10-8;1-6-3-2-4-7-8(6)10-5-9-7;2*1-2-4-8-7(3-1)5-6-9-8;1-7-4-3-5-8(2)6-7;1-5-3-2-4-6-7(5)9-10-8-6;8*1-3-2/h2-8H,1H3;2-4H,5H2,1H3,(H,10,11);2*2-5H,1H3,(H,9,10);1-4,9H,5-6H2;1-6,9H;3-6H,1-2H3;2-4H,1H3,(H,8,9,10);8*1H3. The Bertz CT molecular complexity index is 3940. The number of H-pyrrole nitrogens is 4. The number of carbonyl (C=O) groups excluding carboxylic acids is 1. The van der Waals surface area contributed by atoms with Crippen molar-refractivity contribution in [1.29, 1.82) is 0 Å². The number of nitrogens with one attached hydrogen (secondary N) is 6. The summed E-state index contributed by atoms with van der Waals surface area (Å²) in [5.74, 6) is 0.106. The van der Waals surface area contributed by atoms with E-state index < -0.39 is 0 Å². The molecule has 9 aromatic carbocycles. The van der Waals surface area contributed by atoms with Crippen LogP contribution in [0.1, 0.15) is 50.1 Å². The Kier molecular flexibility index (Phi) is 55.0. The molecule has 1 amide bonds.